The molecule has 0 unspecified atom stereocenters. The molecule has 2 N–H and O–H groups in total. The first-order valence-electron chi connectivity index (χ1n) is 5.38. The number of amides is 1. The number of rotatable bonds is 5. The molecule has 1 aromatic carbocycles. The summed E-state index contributed by atoms with van der Waals surface area (Å²) < 4.78 is 0. The number of aliphatic hydroxyl groups is 1. The number of hydrogen-bond donors (Lipinski definition) is 2. The summed E-state index contributed by atoms with van der Waals surface area (Å²) in [6.07, 6.45) is 0.851. The first-order valence-corrected chi connectivity index (χ1v) is 5.38. The second-order valence-corrected chi connectivity index (χ2v) is 3.56. The molecule has 0 saturated carbocycles. The minimum absolute atomic E-state index is 0.0379. The average Bonchev–Trinajstić information content (AvgIpc) is 2.29. The van der Waals surface area contributed by atoms with Crippen molar-refractivity contribution in [3.63, 3.8) is 0 Å². The molecule has 0 aliphatic rings. The Morgan fingerprint density at radius 3 is 2.38 bits per heavy atom. The lowest BCUT2D eigenvalue weighted by Crippen LogP contribution is -2.34. The van der Waals surface area contributed by atoms with Crippen LogP contribution in [0.15, 0.2) is 24.3 Å². The lowest BCUT2D eigenvalue weighted by Gasteiger charge is -2.21. The van der Waals surface area contributed by atoms with Crippen molar-refractivity contribution in [2.45, 2.75) is 13.3 Å². The normalized spacial score (nSPS) is 10.1. The zero-order valence-corrected chi connectivity index (χ0v) is 9.39. The molecule has 0 radical (unpaired) electrons. The Morgan fingerprint density at radius 1 is 1.25 bits per heavy atom. The minimum Gasteiger partial charge on any atom is -0.508 e. The Kier molecular flexibility index (Phi) is 4.79. The van der Waals surface area contributed by atoms with Gasteiger partial charge in [0.05, 0.1) is 6.61 Å². The number of phenolic OH excluding ortho intramolecular Hbond substituents is 1. The molecular formula is C12H17NO3. The molecule has 4 heteroatoms. The van der Waals surface area contributed by atoms with Gasteiger partial charge in [-0.15, -0.1) is 0 Å². The van der Waals surface area contributed by atoms with Gasteiger partial charge in [-0.05, 0) is 30.7 Å². The monoisotopic (exact) mass is 223 g/mol. The Balaban J connectivity index is 2.77. The predicted octanol–water partition coefficient (Wildman–Crippen LogP) is 1.24. The van der Waals surface area contributed by atoms with Gasteiger partial charge in [0.2, 0.25) is 0 Å². The molecule has 0 aliphatic heterocycles. The second-order valence-electron chi connectivity index (χ2n) is 3.56. The number of hydrogen-bond acceptors (Lipinski definition) is 3. The van der Waals surface area contributed by atoms with Crippen LogP contribution in [0.4, 0.5) is 0 Å². The smallest absolute Gasteiger partial charge is 0.253 e. The average molecular weight is 223 g/mol. The molecule has 1 aromatic rings. The molecule has 16 heavy (non-hydrogen) atoms. The van der Waals surface area contributed by atoms with Crippen molar-refractivity contribution in [3.05, 3.63) is 29.8 Å². The van der Waals surface area contributed by atoms with Crippen LogP contribution in [-0.2, 0) is 0 Å². The summed E-state index contributed by atoms with van der Waals surface area (Å²) in [7, 11) is 0. The quantitative estimate of drug-likeness (QED) is 0.789. The van der Waals surface area contributed by atoms with E-state index in [2.05, 4.69) is 0 Å². The van der Waals surface area contributed by atoms with Crippen LogP contribution in [0, 0.1) is 0 Å². The molecule has 4 nitrogen and oxygen atoms in total. The Hall–Kier alpha value is -1.55. The molecule has 0 bridgehead atoms. The summed E-state index contributed by atoms with van der Waals surface area (Å²) in [4.78, 5) is 13.6. The number of carbonyl (C=O) groups is 1. The van der Waals surface area contributed by atoms with E-state index in [4.69, 9.17) is 10.2 Å². The third-order valence-corrected chi connectivity index (χ3v) is 2.26. The Morgan fingerprint density at radius 2 is 1.88 bits per heavy atom. The van der Waals surface area contributed by atoms with Crippen molar-refractivity contribution in [1.29, 1.82) is 0 Å². The van der Waals surface area contributed by atoms with E-state index < -0.39 is 0 Å². The van der Waals surface area contributed by atoms with Crippen LogP contribution in [-0.4, -0.2) is 40.7 Å². The van der Waals surface area contributed by atoms with Crippen LogP contribution < -0.4 is 0 Å². The van der Waals surface area contributed by atoms with Crippen LogP contribution in [0.3, 0.4) is 0 Å². The third-order valence-electron chi connectivity index (χ3n) is 2.26. The summed E-state index contributed by atoms with van der Waals surface area (Å²) in [5.41, 5.74) is 0.528. The Labute approximate surface area is 95.1 Å². The Bertz CT molecular complexity index is 329. The molecule has 88 valence electrons. The van der Waals surface area contributed by atoms with E-state index in [0.717, 1.165) is 6.42 Å². The van der Waals surface area contributed by atoms with Gasteiger partial charge in [-0.2, -0.15) is 0 Å². The van der Waals surface area contributed by atoms with Crippen LogP contribution in [0.5, 0.6) is 5.75 Å². The molecule has 0 aromatic heterocycles. The zero-order valence-electron chi connectivity index (χ0n) is 9.39. The van der Waals surface area contributed by atoms with Gasteiger partial charge in [0.15, 0.2) is 0 Å². The standard InChI is InChI=1S/C12H17NO3/c1-2-7-13(8-9-14)12(16)10-3-5-11(15)6-4-10/h3-6,14-15H,2,7-9H2,1H3. The fourth-order valence-electron chi connectivity index (χ4n) is 1.49. The predicted molar refractivity (Wildman–Crippen MR) is 61.4 cm³/mol. The maximum Gasteiger partial charge on any atom is 0.253 e. The topological polar surface area (TPSA) is 60.8 Å². The van der Waals surface area contributed by atoms with Crippen LogP contribution in [0.25, 0.3) is 0 Å². The van der Waals surface area contributed by atoms with Crippen molar-refractivity contribution >= 4 is 5.91 Å². The van der Waals surface area contributed by atoms with Crippen LogP contribution in [0.1, 0.15) is 23.7 Å². The number of carbonyl (C=O) groups excluding carboxylic acids is 1. The van der Waals surface area contributed by atoms with Crippen molar-refractivity contribution in [2.75, 3.05) is 19.7 Å². The molecule has 0 spiro atoms. The molecule has 1 amide bonds. The first-order chi connectivity index (χ1) is 7.69. The van der Waals surface area contributed by atoms with Gasteiger partial charge in [-0.3, -0.25) is 4.79 Å². The van der Waals surface area contributed by atoms with Gasteiger partial charge in [0.1, 0.15) is 5.75 Å². The highest BCUT2D eigenvalue weighted by Gasteiger charge is 2.13. The molecule has 0 fully saturated rings. The number of aliphatic hydroxyl groups excluding tert-OH is 1. The molecule has 0 atom stereocenters. The molecule has 0 heterocycles. The van der Waals surface area contributed by atoms with Gasteiger partial charge in [-0.1, -0.05) is 6.92 Å². The molecular weight excluding hydrogens is 206 g/mol. The lowest BCUT2D eigenvalue weighted by molar-refractivity contribution is 0.0722. The fraction of sp³-hybridized carbons (Fsp3) is 0.417. The minimum atomic E-state index is -0.115. The van der Waals surface area contributed by atoms with Crippen molar-refractivity contribution in [1.82, 2.24) is 4.90 Å². The van der Waals surface area contributed by atoms with Crippen molar-refractivity contribution < 1.29 is 15.0 Å². The summed E-state index contributed by atoms with van der Waals surface area (Å²) in [5, 5.41) is 18.0. The summed E-state index contributed by atoms with van der Waals surface area (Å²) in [6.45, 7) is 2.91. The first kappa shape index (κ1) is 12.5. The van der Waals surface area contributed by atoms with E-state index in [0.29, 0.717) is 18.7 Å². The van der Waals surface area contributed by atoms with Crippen LogP contribution in [0.2, 0.25) is 0 Å². The highest BCUT2D eigenvalue weighted by Crippen LogP contribution is 2.11. The lowest BCUT2D eigenvalue weighted by atomic mass is 10.2. The fourth-order valence-corrected chi connectivity index (χ4v) is 1.49. The highest BCUT2D eigenvalue weighted by atomic mass is 16.3. The van der Waals surface area contributed by atoms with Gasteiger partial charge < -0.3 is 15.1 Å². The zero-order chi connectivity index (χ0) is 12.0. The van der Waals surface area contributed by atoms with Gasteiger partial charge in [0.25, 0.3) is 5.91 Å². The van der Waals surface area contributed by atoms with E-state index in [1.54, 1.807) is 17.0 Å². The van der Waals surface area contributed by atoms with Gasteiger partial charge in [-0.25, -0.2) is 0 Å². The second kappa shape index (κ2) is 6.12. The van der Waals surface area contributed by atoms with Crippen molar-refractivity contribution in [3.8, 4) is 5.75 Å². The maximum atomic E-state index is 12.0. The van der Waals surface area contributed by atoms with Crippen molar-refractivity contribution in [2.24, 2.45) is 0 Å². The molecule has 1 rings (SSSR count). The summed E-state index contributed by atoms with van der Waals surface area (Å²) >= 11 is 0. The summed E-state index contributed by atoms with van der Waals surface area (Å²) in [6, 6.07) is 6.13. The molecule has 0 aliphatic carbocycles. The third kappa shape index (κ3) is 3.24. The van der Waals surface area contributed by atoms with Gasteiger partial charge in [0, 0.05) is 18.7 Å². The molecule has 0 saturated heterocycles. The van der Waals surface area contributed by atoms with E-state index in [1.807, 2.05) is 6.92 Å². The number of aromatic hydroxyl groups is 1. The number of phenols is 1. The van der Waals surface area contributed by atoms with E-state index in [-0.39, 0.29) is 18.3 Å². The van der Waals surface area contributed by atoms with Crippen LogP contribution >= 0.6 is 0 Å². The van der Waals surface area contributed by atoms with E-state index >= 15 is 0 Å². The van der Waals surface area contributed by atoms with Gasteiger partial charge >= 0.3 is 0 Å². The number of benzene rings is 1. The number of nitrogens with zero attached hydrogens (tertiary/aromatic N) is 1. The van der Waals surface area contributed by atoms with E-state index in [1.165, 1.54) is 12.1 Å². The summed E-state index contributed by atoms with van der Waals surface area (Å²) in [5.74, 6) is 0.0247. The largest absolute Gasteiger partial charge is 0.508 e. The SMILES string of the molecule is CCCN(CCO)C(=O)c1ccc(O)cc1. The maximum absolute atomic E-state index is 12.0. The highest BCUT2D eigenvalue weighted by molar-refractivity contribution is 5.94. The van der Waals surface area contributed by atoms with E-state index in [9.17, 15) is 4.79 Å².